The molecule has 2 unspecified atom stereocenters. The summed E-state index contributed by atoms with van der Waals surface area (Å²) in [5, 5.41) is 7.93. The predicted molar refractivity (Wildman–Crippen MR) is 86.8 cm³/mol. The third-order valence-corrected chi connectivity index (χ3v) is 6.08. The van der Waals surface area contributed by atoms with Crippen molar-refractivity contribution in [3.8, 4) is 0 Å². The van der Waals surface area contributed by atoms with Gasteiger partial charge in [0.2, 0.25) is 5.89 Å². The Bertz CT molecular complexity index is 442. The van der Waals surface area contributed by atoms with Gasteiger partial charge in [-0.15, -0.1) is 0 Å². The molecule has 2 aliphatic rings. The molecule has 3 rings (SSSR count). The van der Waals surface area contributed by atoms with Crippen LogP contribution in [0, 0.1) is 5.92 Å². The van der Waals surface area contributed by atoms with Crippen LogP contribution in [0.1, 0.15) is 69.5 Å². The van der Waals surface area contributed by atoms with Crippen molar-refractivity contribution in [2.45, 2.75) is 63.8 Å². The van der Waals surface area contributed by atoms with E-state index < -0.39 is 0 Å². The van der Waals surface area contributed by atoms with E-state index in [4.69, 9.17) is 9.51 Å². The van der Waals surface area contributed by atoms with Crippen LogP contribution in [-0.4, -0.2) is 34.2 Å². The van der Waals surface area contributed by atoms with Crippen molar-refractivity contribution in [2.24, 2.45) is 5.92 Å². The summed E-state index contributed by atoms with van der Waals surface area (Å²) >= 11 is 1.99. The summed E-state index contributed by atoms with van der Waals surface area (Å²) in [6, 6.07) is 0.495. The van der Waals surface area contributed by atoms with Gasteiger partial charge < -0.3 is 9.84 Å². The minimum atomic E-state index is 0.394. The summed E-state index contributed by atoms with van der Waals surface area (Å²) in [4.78, 5) is 4.77. The lowest BCUT2D eigenvalue weighted by Crippen LogP contribution is -2.34. The van der Waals surface area contributed by atoms with Gasteiger partial charge in [-0.05, 0) is 31.7 Å². The van der Waals surface area contributed by atoms with Crippen LogP contribution in [0.3, 0.4) is 0 Å². The fourth-order valence-electron chi connectivity index (χ4n) is 3.41. The molecule has 0 bridgehead atoms. The van der Waals surface area contributed by atoms with Crippen molar-refractivity contribution in [1.82, 2.24) is 15.5 Å². The number of thioether (sulfide) groups is 1. The highest BCUT2D eigenvalue weighted by molar-refractivity contribution is 7.99. The highest BCUT2D eigenvalue weighted by Crippen LogP contribution is 2.36. The van der Waals surface area contributed by atoms with Gasteiger partial charge in [0.1, 0.15) is 0 Å². The van der Waals surface area contributed by atoms with E-state index in [0.29, 0.717) is 17.9 Å². The maximum atomic E-state index is 5.62. The van der Waals surface area contributed by atoms with E-state index in [1.54, 1.807) is 0 Å². The monoisotopic (exact) mass is 309 g/mol. The lowest BCUT2D eigenvalue weighted by atomic mass is 9.83. The lowest BCUT2D eigenvalue weighted by Gasteiger charge is -2.23. The molecule has 2 atom stereocenters. The Morgan fingerprint density at radius 3 is 2.81 bits per heavy atom. The van der Waals surface area contributed by atoms with Crippen LogP contribution in [0.5, 0.6) is 0 Å². The molecule has 0 amide bonds. The zero-order valence-corrected chi connectivity index (χ0v) is 14.0. The summed E-state index contributed by atoms with van der Waals surface area (Å²) < 4.78 is 5.62. The molecule has 2 heterocycles. The zero-order valence-electron chi connectivity index (χ0n) is 13.2. The summed E-state index contributed by atoms with van der Waals surface area (Å²) in [7, 11) is 0. The van der Waals surface area contributed by atoms with E-state index in [1.165, 1.54) is 32.1 Å². The number of nitrogens with zero attached hydrogens (tertiary/aromatic N) is 2. The normalized spacial score (nSPS) is 33.4. The molecule has 1 aliphatic heterocycles. The van der Waals surface area contributed by atoms with Crippen LogP contribution in [-0.2, 0) is 0 Å². The van der Waals surface area contributed by atoms with E-state index in [-0.39, 0.29) is 0 Å². The Morgan fingerprint density at radius 1 is 1.24 bits per heavy atom. The first-order chi connectivity index (χ1) is 10.3. The number of nitrogens with one attached hydrogen (secondary N) is 1. The Labute approximate surface area is 131 Å². The number of hydrogen-bond donors (Lipinski definition) is 1. The first kappa shape index (κ1) is 15.3. The van der Waals surface area contributed by atoms with Gasteiger partial charge in [-0.25, -0.2) is 0 Å². The van der Waals surface area contributed by atoms with E-state index in [0.717, 1.165) is 35.7 Å². The lowest BCUT2D eigenvalue weighted by molar-refractivity contribution is 0.315. The molecule has 1 saturated heterocycles. The van der Waals surface area contributed by atoms with E-state index in [9.17, 15) is 0 Å². The highest BCUT2D eigenvalue weighted by atomic mass is 32.2. The van der Waals surface area contributed by atoms with E-state index in [2.05, 4.69) is 24.3 Å². The Morgan fingerprint density at radius 2 is 2.05 bits per heavy atom. The number of aromatic nitrogens is 2. The van der Waals surface area contributed by atoms with Gasteiger partial charge >= 0.3 is 0 Å². The Balaban J connectivity index is 1.64. The van der Waals surface area contributed by atoms with Crippen molar-refractivity contribution in [1.29, 1.82) is 0 Å². The van der Waals surface area contributed by atoms with Gasteiger partial charge in [-0.1, -0.05) is 31.8 Å². The fraction of sp³-hybridized carbons (Fsp3) is 0.875. The summed E-state index contributed by atoms with van der Waals surface area (Å²) in [6.45, 7) is 5.62. The smallest absolute Gasteiger partial charge is 0.232 e. The van der Waals surface area contributed by atoms with E-state index >= 15 is 0 Å². The molecule has 2 fully saturated rings. The van der Waals surface area contributed by atoms with Gasteiger partial charge in [-0.2, -0.15) is 16.7 Å². The summed E-state index contributed by atoms with van der Waals surface area (Å²) in [5.74, 6) is 5.86. The second-order valence-electron chi connectivity index (χ2n) is 6.65. The number of hydrogen-bond acceptors (Lipinski definition) is 5. The van der Waals surface area contributed by atoms with Crippen LogP contribution in [0.4, 0.5) is 0 Å². The van der Waals surface area contributed by atoms with Gasteiger partial charge in [-0.3, -0.25) is 0 Å². The van der Waals surface area contributed by atoms with Crippen LogP contribution in [0.15, 0.2) is 4.52 Å². The summed E-state index contributed by atoms with van der Waals surface area (Å²) in [5.41, 5.74) is 0. The molecule has 1 N–H and O–H groups in total. The second-order valence-corrected chi connectivity index (χ2v) is 7.73. The van der Waals surface area contributed by atoms with Crippen molar-refractivity contribution in [3.05, 3.63) is 11.7 Å². The summed E-state index contributed by atoms with van der Waals surface area (Å²) in [6.07, 6.45) is 6.21. The standard InChI is InChI=1S/C16H27N3OS/c1-3-8-17-14-10-21-9-13(14)16-18-15(19-20-16)12-6-4-11(2)5-7-12/h11-14,17H,3-10H2,1-2H3. The Hall–Kier alpha value is -0.550. The first-order valence-electron chi connectivity index (χ1n) is 8.42. The largest absolute Gasteiger partial charge is 0.339 e. The average molecular weight is 309 g/mol. The molecule has 0 aromatic carbocycles. The zero-order chi connectivity index (χ0) is 14.7. The molecule has 0 radical (unpaired) electrons. The van der Waals surface area contributed by atoms with Crippen molar-refractivity contribution in [2.75, 3.05) is 18.1 Å². The molecule has 21 heavy (non-hydrogen) atoms. The topological polar surface area (TPSA) is 51.0 Å². The van der Waals surface area contributed by atoms with Crippen LogP contribution < -0.4 is 5.32 Å². The molecule has 0 spiro atoms. The van der Waals surface area contributed by atoms with Gasteiger partial charge in [0.15, 0.2) is 5.82 Å². The molecular formula is C16H27N3OS. The molecule has 1 aromatic heterocycles. The van der Waals surface area contributed by atoms with Crippen molar-refractivity contribution in [3.63, 3.8) is 0 Å². The van der Waals surface area contributed by atoms with Crippen LogP contribution in [0.2, 0.25) is 0 Å². The van der Waals surface area contributed by atoms with E-state index in [1.807, 2.05) is 11.8 Å². The van der Waals surface area contributed by atoms with Crippen molar-refractivity contribution >= 4 is 11.8 Å². The minimum absolute atomic E-state index is 0.394. The maximum absolute atomic E-state index is 5.62. The highest BCUT2D eigenvalue weighted by Gasteiger charge is 2.34. The van der Waals surface area contributed by atoms with Gasteiger partial charge in [0, 0.05) is 23.5 Å². The quantitative estimate of drug-likeness (QED) is 0.901. The second kappa shape index (κ2) is 7.14. The third kappa shape index (κ3) is 3.62. The first-order valence-corrected chi connectivity index (χ1v) is 9.58. The molecule has 118 valence electrons. The molecule has 4 nitrogen and oxygen atoms in total. The van der Waals surface area contributed by atoms with Gasteiger partial charge in [0.25, 0.3) is 0 Å². The molecule has 1 aromatic rings. The average Bonchev–Trinajstić information content (AvgIpc) is 3.14. The predicted octanol–water partition coefficient (Wildman–Crippen LogP) is 3.56. The molecule has 5 heteroatoms. The van der Waals surface area contributed by atoms with Gasteiger partial charge in [0.05, 0.1) is 5.92 Å². The Kier molecular flexibility index (Phi) is 5.22. The van der Waals surface area contributed by atoms with Crippen LogP contribution >= 0.6 is 11.8 Å². The SMILES string of the molecule is CCCNC1CSCC1c1nc(C2CCC(C)CC2)no1. The molecule has 1 aliphatic carbocycles. The minimum Gasteiger partial charge on any atom is -0.339 e. The molecule has 1 saturated carbocycles. The maximum Gasteiger partial charge on any atom is 0.232 e. The fourth-order valence-corrected chi connectivity index (χ4v) is 4.78. The van der Waals surface area contributed by atoms with Crippen LogP contribution in [0.25, 0.3) is 0 Å². The van der Waals surface area contributed by atoms with Crippen molar-refractivity contribution < 1.29 is 4.52 Å². The third-order valence-electron chi connectivity index (χ3n) is 4.89. The molecular weight excluding hydrogens is 282 g/mol. The number of rotatable bonds is 5.